The zero-order chi connectivity index (χ0) is 16.9. The molecule has 1 amide bonds. The fourth-order valence-corrected chi connectivity index (χ4v) is 2.38. The molecule has 1 aromatic heterocycles. The Morgan fingerprint density at radius 1 is 1.08 bits per heavy atom. The van der Waals surface area contributed by atoms with Gasteiger partial charge in [-0.3, -0.25) is 4.79 Å². The Labute approximate surface area is 144 Å². The number of hydrogen-bond acceptors (Lipinski definition) is 4. The van der Waals surface area contributed by atoms with Crippen molar-refractivity contribution in [1.82, 2.24) is 15.5 Å². The second-order valence-electron chi connectivity index (χ2n) is 5.34. The van der Waals surface area contributed by atoms with Crippen LogP contribution in [0.5, 0.6) is 0 Å². The number of aromatic nitrogens is 2. The molecule has 0 aliphatic carbocycles. The normalized spacial score (nSPS) is 10.6. The summed E-state index contributed by atoms with van der Waals surface area (Å²) >= 11 is 5.85. The van der Waals surface area contributed by atoms with Crippen LogP contribution in [0, 0.1) is 6.92 Å². The predicted molar refractivity (Wildman–Crippen MR) is 92.0 cm³/mol. The van der Waals surface area contributed by atoms with Crippen molar-refractivity contribution in [3.05, 3.63) is 70.6 Å². The van der Waals surface area contributed by atoms with Crippen LogP contribution in [0.4, 0.5) is 0 Å². The van der Waals surface area contributed by atoms with Gasteiger partial charge in [-0.1, -0.05) is 23.7 Å². The molecule has 0 spiro atoms. The number of nitrogens with zero attached hydrogens (tertiary/aromatic N) is 2. The number of nitrogens with one attached hydrogen (secondary N) is 1. The second kappa shape index (κ2) is 7.27. The van der Waals surface area contributed by atoms with Crippen LogP contribution >= 0.6 is 11.6 Å². The Hall–Kier alpha value is -2.66. The van der Waals surface area contributed by atoms with Crippen molar-refractivity contribution < 1.29 is 9.21 Å². The summed E-state index contributed by atoms with van der Waals surface area (Å²) in [6.07, 6.45) is 0.752. The highest BCUT2D eigenvalue weighted by Gasteiger charge is 2.09. The molecule has 2 aromatic carbocycles. The highest BCUT2D eigenvalue weighted by molar-refractivity contribution is 6.30. The van der Waals surface area contributed by atoms with Gasteiger partial charge in [0.2, 0.25) is 11.8 Å². The molecule has 5 nitrogen and oxygen atoms in total. The van der Waals surface area contributed by atoms with Crippen molar-refractivity contribution in [3.8, 4) is 11.5 Å². The average molecular weight is 342 g/mol. The molecule has 0 bridgehead atoms. The van der Waals surface area contributed by atoms with Crippen LogP contribution in [0.2, 0.25) is 5.02 Å². The van der Waals surface area contributed by atoms with Crippen molar-refractivity contribution in [2.24, 2.45) is 0 Å². The van der Waals surface area contributed by atoms with Crippen LogP contribution < -0.4 is 5.32 Å². The quantitative estimate of drug-likeness (QED) is 0.768. The Bertz CT molecular complexity index is 826. The van der Waals surface area contributed by atoms with E-state index >= 15 is 0 Å². The maximum absolute atomic E-state index is 12.2. The molecule has 122 valence electrons. The summed E-state index contributed by atoms with van der Waals surface area (Å²) in [6.45, 7) is 2.30. The lowest BCUT2D eigenvalue weighted by molar-refractivity contribution is 0.0954. The monoisotopic (exact) mass is 341 g/mol. The van der Waals surface area contributed by atoms with Crippen LogP contribution in [-0.2, 0) is 6.42 Å². The van der Waals surface area contributed by atoms with Gasteiger partial charge in [0.05, 0.1) is 0 Å². The van der Waals surface area contributed by atoms with Gasteiger partial charge in [-0.2, -0.15) is 0 Å². The molecule has 0 saturated heterocycles. The predicted octanol–water partition coefficient (Wildman–Crippen LogP) is 3.67. The molecule has 0 saturated carbocycles. The van der Waals surface area contributed by atoms with Gasteiger partial charge in [-0.15, -0.1) is 10.2 Å². The van der Waals surface area contributed by atoms with E-state index in [9.17, 15) is 4.79 Å². The first kappa shape index (κ1) is 16.2. The summed E-state index contributed by atoms with van der Waals surface area (Å²) in [4.78, 5) is 12.2. The van der Waals surface area contributed by atoms with E-state index in [1.165, 1.54) is 0 Å². The van der Waals surface area contributed by atoms with E-state index in [-0.39, 0.29) is 5.91 Å². The van der Waals surface area contributed by atoms with Crippen LogP contribution in [0.1, 0.15) is 21.8 Å². The third kappa shape index (κ3) is 4.00. The van der Waals surface area contributed by atoms with Gasteiger partial charge in [0, 0.05) is 29.6 Å². The maximum Gasteiger partial charge on any atom is 0.251 e. The first-order valence-electron chi connectivity index (χ1n) is 7.55. The lowest BCUT2D eigenvalue weighted by atomic mass is 10.1. The van der Waals surface area contributed by atoms with E-state index in [4.69, 9.17) is 16.0 Å². The summed E-state index contributed by atoms with van der Waals surface area (Å²) in [6, 6.07) is 14.7. The van der Waals surface area contributed by atoms with Crippen LogP contribution in [0.15, 0.2) is 52.9 Å². The van der Waals surface area contributed by atoms with Gasteiger partial charge in [0.25, 0.3) is 5.91 Å². The summed E-state index contributed by atoms with van der Waals surface area (Å²) in [5, 5.41) is 11.4. The van der Waals surface area contributed by atoms with Crippen molar-refractivity contribution in [1.29, 1.82) is 0 Å². The second-order valence-corrected chi connectivity index (χ2v) is 5.77. The van der Waals surface area contributed by atoms with Crippen LogP contribution in [-0.4, -0.2) is 22.6 Å². The van der Waals surface area contributed by atoms with Gasteiger partial charge < -0.3 is 9.73 Å². The molecule has 0 radical (unpaired) electrons. The van der Waals surface area contributed by atoms with Crippen molar-refractivity contribution >= 4 is 17.5 Å². The Kier molecular flexibility index (Phi) is 4.91. The fraction of sp³-hybridized carbons (Fsp3) is 0.167. The molecular weight excluding hydrogens is 326 g/mol. The lowest BCUT2D eigenvalue weighted by Crippen LogP contribution is -2.25. The Morgan fingerprint density at radius 2 is 1.79 bits per heavy atom. The molecule has 0 aliphatic heterocycles. The van der Waals surface area contributed by atoms with E-state index in [1.54, 1.807) is 31.2 Å². The van der Waals surface area contributed by atoms with E-state index in [0.717, 1.165) is 17.5 Å². The SMILES string of the molecule is Cc1nnc(-c2ccc(C(=O)NCCc3ccc(Cl)cc3)cc2)o1. The van der Waals surface area contributed by atoms with Crippen molar-refractivity contribution in [2.75, 3.05) is 6.54 Å². The topological polar surface area (TPSA) is 68.0 Å². The molecule has 3 aromatic rings. The number of halogens is 1. The smallest absolute Gasteiger partial charge is 0.251 e. The average Bonchev–Trinajstić information content (AvgIpc) is 3.03. The number of rotatable bonds is 5. The molecule has 24 heavy (non-hydrogen) atoms. The number of carbonyl (C=O) groups is 1. The highest BCUT2D eigenvalue weighted by atomic mass is 35.5. The summed E-state index contributed by atoms with van der Waals surface area (Å²) < 4.78 is 5.36. The van der Waals surface area contributed by atoms with E-state index in [2.05, 4.69) is 15.5 Å². The summed E-state index contributed by atoms with van der Waals surface area (Å²) in [7, 11) is 0. The number of hydrogen-bond donors (Lipinski definition) is 1. The van der Waals surface area contributed by atoms with Gasteiger partial charge in [-0.25, -0.2) is 0 Å². The minimum absolute atomic E-state index is 0.114. The fourth-order valence-electron chi connectivity index (χ4n) is 2.25. The van der Waals surface area contributed by atoms with Gasteiger partial charge >= 0.3 is 0 Å². The van der Waals surface area contributed by atoms with Crippen LogP contribution in [0.3, 0.4) is 0 Å². The lowest BCUT2D eigenvalue weighted by Gasteiger charge is -2.06. The Balaban J connectivity index is 1.56. The Morgan fingerprint density at radius 3 is 2.42 bits per heavy atom. The van der Waals surface area contributed by atoms with E-state index in [0.29, 0.717) is 28.9 Å². The molecule has 1 heterocycles. The van der Waals surface area contributed by atoms with E-state index < -0.39 is 0 Å². The van der Waals surface area contributed by atoms with Crippen LogP contribution in [0.25, 0.3) is 11.5 Å². The third-order valence-corrected chi connectivity index (χ3v) is 3.78. The molecule has 3 rings (SSSR count). The first-order chi connectivity index (χ1) is 11.6. The molecule has 0 fully saturated rings. The number of carbonyl (C=O) groups excluding carboxylic acids is 1. The number of benzene rings is 2. The zero-order valence-electron chi connectivity index (χ0n) is 13.1. The van der Waals surface area contributed by atoms with E-state index in [1.807, 2.05) is 24.3 Å². The number of aryl methyl sites for hydroxylation is 1. The molecule has 1 N–H and O–H groups in total. The van der Waals surface area contributed by atoms with Gasteiger partial charge in [-0.05, 0) is 48.4 Å². The van der Waals surface area contributed by atoms with Crippen molar-refractivity contribution in [2.45, 2.75) is 13.3 Å². The van der Waals surface area contributed by atoms with Gasteiger partial charge in [0.1, 0.15) is 0 Å². The highest BCUT2D eigenvalue weighted by Crippen LogP contribution is 2.18. The minimum Gasteiger partial charge on any atom is -0.421 e. The zero-order valence-corrected chi connectivity index (χ0v) is 13.9. The largest absolute Gasteiger partial charge is 0.421 e. The number of amides is 1. The molecular formula is C18H16ClN3O2. The minimum atomic E-state index is -0.114. The van der Waals surface area contributed by atoms with Gasteiger partial charge in [0.15, 0.2) is 0 Å². The molecule has 0 unspecified atom stereocenters. The molecule has 0 atom stereocenters. The molecule has 6 heteroatoms. The van der Waals surface area contributed by atoms with Crippen molar-refractivity contribution in [3.63, 3.8) is 0 Å². The third-order valence-electron chi connectivity index (χ3n) is 3.53. The summed E-state index contributed by atoms with van der Waals surface area (Å²) in [5.74, 6) is 0.841. The first-order valence-corrected chi connectivity index (χ1v) is 7.93. The standard InChI is InChI=1S/C18H16ClN3O2/c1-12-21-22-18(24-12)15-6-4-14(5-7-15)17(23)20-11-10-13-2-8-16(19)9-3-13/h2-9H,10-11H2,1H3,(H,20,23). The maximum atomic E-state index is 12.2. The summed E-state index contributed by atoms with van der Waals surface area (Å²) in [5.41, 5.74) is 2.50. The molecule has 0 aliphatic rings.